The molecule has 0 amide bonds. The van der Waals surface area contributed by atoms with Gasteiger partial charge < -0.3 is 0 Å². The van der Waals surface area contributed by atoms with Crippen LogP contribution in [0.25, 0.3) is 0 Å². The molecule has 2 nitrogen and oxygen atoms in total. The highest BCUT2D eigenvalue weighted by Gasteiger charge is 2.27. The maximum Gasteiger partial charge on any atom is 0.150 e. The van der Waals surface area contributed by atoms with Gasteiger partial charge in [0.15, 0.2) is 0 Å². The van der Waals surface area contributed by atoms with E-state index in [1.165, 1.54) is 30.4 Å². The highest BCUT2D eigenvalue weighted by molar-refractivity contribution is 5.75. The van der Waals surface area contributed by atoms with Crippen molar-refractivity contribution in [3.8, 4) is 0 Å². The predicted molar refractivity (Wildman–Crippen MR) is 105 cm³/mol. The molecule has 134 valence electrons. The molecular formula is C23H31NO. The largest absolute Gasteiger partial charge is 0.298 e. The Hall–Kier alpha value is -1.67. The van der Waals surface area contributed by atoms with E-state index in [0.717, 1.165) is 31.4 Å². The molecule has 2 aliphatic rings. The second-order valence-corrected chi connectivity index (χ2v) is 8.40. The summed E-state index contributed by atoms with van der Waals surface area (Å²) < 4.78 is 0. The number of hydrogen-bond acceptors (Lipinski definition) is 2. The molecule has 25 heavy (non-hydrogen) atoms. The molecule has 1 aliphatic carbocycles. The number of nitrogens with zero attached hydrogens (tertiary/aromatic N) is 1. The van der Waals surface area contributed by atoms with E-state index in [9.17, 15) is 4.79 Å². The Bertz CT molecular complexity index is 711. The first-order valence-corrected chi connectivity index (χ1v) is 9.60. The molecule has 0 radical (unpaired) electrons. The van der Waals surface area contributed by atoms with Gasteiger partial charge in [-0.05, 0) is 67.7 Å². The third-order valence-corrected chi connectivity index (χ3v) is 6.07. The van der Waals surface area contributed by atoms with E-state index < -0.39 is 0 Å². The Kier molecular flexibility index (Phi) is 5.29. The molecule has 1 aromatic rings. The summed E-state index contributed by atoms with van der Waals surface area (Å²) >= 11 is 0. The zero-order valence-corrected chi connectivity index (χ0v) is 16.1. The van der Waals surface area contributed by atoms with Crippen molar-refractivity contribution in [2.75, 3.05) is 6.54 Å². The molecule has 0 saturated heterocycles. The van der Waals surface area contributed by atoms with E-state index >= 15 is 0 Å². The number of allylic oxidation sites excluding steroid dienone is 3. The van der Waals surface area contributed by atoms with Gasteiger partial charge in [0.1, 0.15) is 6.29 Å². The molecule has 1 aliphatic heterocycles. The third-order valence-electron chi connectivity index (χ3n) is 6.07. The van der Waals surface area contributed by atoms with Crippen LogP contribution in [0.3, 0.4) is 0 Å². The van der Waals surface area contributed by atoms with Crippen LogP contribution in [-0.4, -0.2) is 23.8 Å². The second-order valence-electron chi connectivity index (χ2n) is 8.40. The Morgan fingerprint density at radius 2 is 2.00 bits per heavy atom. The molecule has 2 heteroatoms. The number of rotatable bonds is 4. The monoisotopic (exact) mass is 337 g/mol. The van der Waals surface area contributed by atoms with Gasteiger partial charge in [0.25, 0.3) is 0 Å². The van der Waals surface area contributed by atoms with Gasteiger partial charge in [-0.3, -0.25) is 9.69 Å². The van der Waals surface area contributed by atoms with Crippen LogP contribution in [0.2, 0.25) is 0 Å². The van der Waals surface area contributed by atoms with E-state index in [2.05, 4.69) is 56.9 Å². The lowest BCUT2D eigenvalue weighted by Crippen LogP contribution is -2.36. The molecule has 1 atom stereocenters. The summed E-state index contributed by atoms with van der Waals surface area (Å²) in [4.78, 5) is 13.5. The van der Waals surface area contributed by atoms with Crippen LogP contribution in [0.15, 0.2) is 41.5 Å². The van der Waals surface area contributed by atoms with Gasteiger partial charge in [-0.15, -0.1) is 0 Å². The molecule has 0 fully saturated rings. The van der Waals surface area contributed by atoms with Crippen LogP contribution >= 0.6 is 0 Å². The first-order chi connectivity index (χ1) is 11.9. The maximum absolute atomic E-state index is 11.0. The van der Waals surface area contributed by atoms with E-state index in [1.807, 2.05) is 6.07 Å². The van der Waals surface area contributed by atoms with Crippen molar-refractivity contribution in [2.24, 2.45) is 5.41 Å². The van der Waals surface area contributed by atoms with Crippen molar-refractivity contribution in [2.45, 2.75) is 66.0 Å². The number of fused-ring (bicyclic) bond motifs is 1. The van der Waals surface area contributed by atoms with Crippen molar-refractivity contribution in [1.82, 2.24) is 4.90 Å². The van der Waals surface area contributed by atoms with Crippen molar-refractivity contribution in [1.29, 1.82) is 0 Å². The minimum atomic E-state index is 0.304. The van der Waals surface area contributed by atoms with Crippen molar-refractivity contribution in [3.63, 3.8) is 0 Å². The first kappa shape index (κ1) is 18.1. The van der Waals surface area contributed by atoms with Gasteiger partial charge in [-0.2, -0.15) is 0 Å². The highest BCUT2D eigenvalue weighted by Crippen LogP contribution is 2.40. The molecule has 0 spiro atoms. The van der Waals surface area contributed by atoms with Gasteiger partial charge in [-0.25, -0.2) is 0 Å². The molecule has 0 bridgehead atoms. The Morgan fingerprint density at radius 3 is 2.72 bits per heavy atom. The summed E-state index contributed by atoms with van der Waals surface area (Å²) in [5, 5.41) is 0. The van der Waals surface area contributed by atoms with Crippen LogP contribution in [-0.2, 0) is 13.0 Å². The van der Waals surface area contributed by atoms with Gasteiger partial charge in [0.2, 0.25) is 0 Å². The number of carbonyl (C=O) groups is 1. The second kappa shape index (κ2) is 7.29. The number of hydrogen-bond donors (Lipinski definition) is 0. The fraction of sp³-hybridized carbons (Fsp3) is 0.522. The minimum Gasteiger partial charge on any atom is -0.298 e. The predicted octanol–water partition coefficient (Wildman–Crippen LogP) is 5.33. The zero-order chi connectivity index (χ0) is 18.0. The van der Waals surface area contributed by atoms with Crippen LogP contribution in [0.5, 0.6) is 0 Å². The van der Waals surface area contributed by atoms with Crippen LogP contribution in [0.1, 0.15) is 68.4 Å². The van der Waals surface area contributed by atoms with Gasteiger partial charge in [0.05, 0.1) is 0 Å². The number of benzene rings is 1. The van der Waals surface area contributed by atoms with Gasteiger partial charge in [0, 0.05) is 24.7 Å². The lowest BCUT2D eigenvalue weighted by molar-refractivity contribution is 0.112. The normalized spacial score (nSPS) is 22.1. The number of aldehydes is 1. The average molecular weight is 338 g/mol. The Balaban J connectivity index is 1.71. The SMILES string of the molecule is CC1=C(/C=C/C(C)N2CCc3cc(C=O)ccc3C2)C(C)(C)CCC1. The molecule has 0 aromatic heterocycles. The Labute approximate surface area is 152 Å². The third kappa shape index (κ3) is 3.95. The van der Waals surface area contributed by atoms with Crippen molar-refractivity contribution < 1.29 is 4.79 Å². The topological polar surface area (TPSA) is 20.3 Å². The fourth-order valence-electron chi connectivity index (χ4n) is 4.38. The van der Waals surface area contributed by atoms with Crippen LogP contribution in [0, 0.1) is 5.41 Å². The van der Waals surface area contributed by atoms with E-state index in [1.54, 1.807) is 11.1 Å². The zero-order valence-electron chi connectivity index (χ0n) is 16.1. The summed E-state index contributed by atoms with van der Waals surface area (Å²) in [6.45, 7) is 11.4. The molecular weight excluding hydrogens is 306 g/mol. The first-order valence-electron chi connectivity index (χ1n) is 9.60. The van der Waals surface area contributed by atoms with E-state index in [-0.39, 0.29) is 0 Å². The lowest BCUT2D eigenvalue weighted by atomic mass is 9.72. The summed E-state index contributed by atoms with van der Waals surface area (Å²) in [7, 11) is 0. The van der Waals surface area contributed by atoms with Crippen molar-refractivity contribution in [3.05, 3.63) is 58.2 Å². The maximum atomic E-state index is 11.0. The quantitative estimate of drug-likeness (QED) is 0.692. The molecule has 0 N–H and O–H groups in total. The van der Waals surface area contributed by atoms with Crippen molar-refractivity contribution >= 4 is 6.29 Å². The van der Waals surface area contributed by atoms with Crippen LogP contribution < -0.4 is 0 Å². The fourth-order valence-corrected chi connectivity index (χ4v) is 4.38. The minimum absolute atomic E-state index is 0.304. The highest BCUT2D eigenvalue weighted by atomic mass is 16.1. The molecule has 1 heterocycles. The lowest BCUT2D eigenvalue weighted by Gasteiger charge is -2.35. The molecule has 0 saturated carbocycles. The molecule has 3 rings (SSSR count). The number of carbonyl (C=O) groups excluding carboxylic acids is 1. The summed E-state index contributed by atoms with van der Waals surface area (Å²) in [6, 6.07) is 6.54. The van der Waals surface area contributed by atoms with E-state index in [0.29, 0.717) is 11.5 Å². The summed E-state index contributed by atoms with van der Waals surface area (Å²) in [5.74, 6) is 0. The Morgan fingerprint density at radius 1 is 1.20 bits per heavy atom. The molecule has 1 unspecified atom stereocenters. The smallest absolute Gasteiger partial charge is 0.150 e. The van der Waals surface area contributed by atoms with Crippen LogP contribution in [0.4, 0.5) is 0 Å². The summed E-state index contributed by atoms with van der Waals surface area (Å²) in [5.41, 5.74) is 6.90. The van der Waals surface area contributed by atoms with Gasteiger partial charge >= 0.3 is 0 Å². The summed E-state index contributed by atoms with van der Waals surface area (Å²) in [6.07, 6.45) is 10.6. The standard InChI is InChI=1S/C23H31NO/c1-17-6-5-12-23(3,4)22(17)10-7-18(2)24-13-11-20-14-19(16-25)8-9-21(20)15-24/h7-10,14,16,18H,5-6,11-13,15H2,1-4H3/b10-7+. The molecule has 1 aromatic carbocycles. The average Bonchev–Trinajstić information content (AvgIpc) is 2.59. The van der Waals surface area contributed by atoms with Gasteiger partial charge in [-0.1, -0.05) is 43.7 Å². The van der Waals surface area contributed by atoms with E-state index in [4.69, 9.17) is 0 Å².